The van der Waals surface area contributed by atoms with Crippen LogP contribution in [0.1, 0.15) is 24.1 Å². The first-order chi connectivity index (χ1) is 11.5. The van der Waals surface area contributed by atoms with Gasteiger partial charge in [0.25, 0.3) is 5.91 Å². The van der Waals surface area contributed by atoms with Gasteiger partial charge in [-0.05, 0) is 19.4 Å². The van der Waals surface area contributed by atoms with Gasteiger partial charge >= 0.3 is 0 Å². The molecule has 1 N–H and O–H groups in total. The van der Waals surface area contributed by atoms with Gasteiger partial charge in [-0.1, -0.05) is 29.8 Å². The van der Waals surface area contributed by atoms with Crippen LogP contribution in [0.15, 0.2) is 42.5 Å². The van der Waals surface area contributed by atoms with Gasteiger partial charge < -0.3 is 19.5 Å². The van der Waals surface area contributed by atoms with Crippen LogP contribution < -0.4 is 19.5 Å². The highest BCUT2D eigenvalue weighted by atomic mass is 16.5. The second kappa shape index (κ2) is 8.24. The molecule has 5 nitrogen and oxygen atoms in total. The number of rotatable bonds is 7. The van der Waals surface area contributed by atoms with Crippen molar-refractivity contribution in [3.8, 4) is 17.2 Å². The van der Waals surface area contributed by atoms with Crippen LogP contribution in [0.3, 0.4) is 0 Å². The predicted octanol–water partition coefficient (Wildman–Crippen LogP) is 3.27. The van der Waals surface area contributed by atoms with E-state index in [1.807, 2.05) is 38.1 Å². The van der Waals surface area contributed by atoms with Crippen molar-refractivity contribution < 1.29 is 19.0 Å². The van der Waals surface area contributed by atoms with E-state index >= 15 is 0 Å². The molecule has 0 saturated heterocycles. The molecule has 0 saturated carbocycles. The molecule has 128 valence electrons. The first-order valence-electron chi connectivity index (χ1n) is 7.73. The van der Waals surface area contributed by atoms with E-state index in [4.69, 9.17) is 14.2 Å². The van der Waals surface area contributed by atoms with E-state index in [1.165, 1.54) is 5.56 Å². The van der Waals surface area contributed by atoms with Gasteiger partial charge in [0, 0.05) is 18.2 Å². The van der Waals surface area contributed by atoms with Crippen LogP contribution in [-0.2, 0) is 4.79 Å². The van der Waals surface area contributed by atoms with Crippen molar-refractivity contribution in [1.82, 2.24) is 5.32 Å². The van der Waals surface area contributed by atoms with Crippen molar-refractivity contribution in [1.29, 1.82) is 0 Å². The molecule has 0 heterocycles. The van der Waals surface area contributed by atoms with E-state index in [0.717, 1.165) is 5.56 Å². The summed E-state index contributed by atoms with van der Waals surface area (Å²) in [5.41, 5.74) is 2.24. The van der Waals surface area contributed by atoms with Gasteiger partial charge in [0.15, 0.2) is 6.61 Å². The van der Waals surface area contributed by atoms with E-state index in [-0.39, 0.29) is 18.6 Å². The van der Waals surface area contributed by atoms with E-state index < -0.39 is 0 Å². The lowest BCUT2D eigenvalue weighted by Gasteiger charge is -2.15. The smallest absolute Gasteiger partial charge is 0.258 e. The lowest BCUT2D eigenvalue weighted by atomic mass is 10.1. The SMILES string of the molecule is COc1cc(OC)cc(OCC(=O)N[C@@H](C)c2ccc(C)cc2)c1. The largest absolute Gasteiger partial charge is 0.496 e. The highest BCUT2D eigenvalue weighted by Gasteiger charge is 2.11. The van der Waals surface area contributed by atoms with Crippen LogP contribution in [0.4, 0.5) is 0 Å². The maximum Gasteiger partial charge on any atom is 0.258 e. The molecule has 0 aliphatic heterocycles. The lowest BCUT2D eigenvalue weighted by molar-refractivity contribution is -0.123. The Labute approximate surface area is 142 Å². The molecule has 0 aliphatic carbocycles. The minimum absolute atomic E-state index is 0.0769. The number of amides is 1. The van der Waals surface area contributed by atoms with Crippen LogP contribution >= 0.6 is 0 Å². The molecule has 0 fully saturated rings. The molecular weight excluding hydrogens is 306 g/mol. The Hall–Kier alpha value is -2.69. The molecule has 0 aliphatic rings. The van der Waals surface area contributed by atoms with Gasteiger partial charge in [-0.25, -0.2) is 0 Å². The molecule has 5 heteroatoms. The number of benzene rings is 2. The first-order valence-corrected chi connectivity index (χ1v) is 7.73. The van der Waals surface area contributed by atoms with E-state index in [2.05, 4.69) is 5.32 Å². The van der Waals surface area contributed by atoms with Crippen LogP contribution in [-0.4, -0.2) is 26.7 Å². The van der Waals surface area contributed by atoms with Crippen molar-refractivity contribution in [3.05, 3.63) is 53.6 Å². The molecule has 0 radical (unpaired) electrons. The van der Waals surface area contributed by atoms with E-state index in [1.54, 1.807) is 32.4 Å². The van der Waals surface area contributed by atoms with Gasteiger partial charge in [-0.2, -0.15) is 0 Å². The number of ether oxygens (including phenoxy) is 3. The molecule has 0 spiro atoms. The Morgan fingerprint density at radius 1 is 1.00 bits per heavy atom. The van der Waals surface area contributed by atoms with Gasteiger partial charge in [-0.15, -0.1) is 0 Å². The Kier molecular flexibility index (Phi) is 6.07. The summed E-state index contributed by atoms with van der Waals surface area (Å²) in [4.78, 5) is 12.1. The van der Waals surface area contributed by atoms with Crippen LogP contribution in [0.25, 0.3) is 0 Å². The number of methoxy groups -OCH3 is 2. The normalized spacial score (nSPS) is 11.5. The third-order valence-electron chi connectivity index (χ3n) is 3.65. The van der Waals surface area contributed by atoms with Crippen LogP contribution in [0.2, 0.25) is 0 Å². The maximum absolute atomic E-state index is 12.1. The first kappa shape index (κ1) is 17.7. The molecule has 1 atom stereocenters. The summed E-state index contributed by atoms with van der Waals surface area (Å²) in [5, 5.41) is 2.92. The van der Waals surface area contributed by atoms with Crippen LogP contribution in [0, 0.1) is 6.92 Å². The average Bonchev–Trinajstić information content (AvgIpc) is 2.60. The van der Waals surface area contributed by atoms with E-state index in [0.29, 0.717) is 17.2 Å². The standard InChI is InChI=1S/C19H23NO4/c1-13-5-7-15(8-6-13)14(2)20-19(21)12-24-18-10-16(22-3)9-17(11-18)23-4/h5-11,14H,12H2,1-4H3,(H,20,21)/t14-/m0/s1. The van der Waals surface area contributed by atoms with Crippen LogP contribution in [0.5, 0.6) is 17.2 Å². The summed E-state index contributed by atoms with van der Waals surface area (Å²) in [6, 6.07) is 13.1. The monoisotopic (exact) mass is 329 g/mol. The zero-order chi connectivity index (χ0) is 17.5. The van der Waals surface area contributed by atoms with Crippen molar-refractivity contribution in [2.45, 2.75) is 19.9 Å². The molecular formula is C19H23NO4. The molecule has 2 aromatic carbocycles. The Morgan fingerprint density at radius 3 is 2.08 bits per heavy atom. The highest BCUT2D eigenvalue weighted by molar-refractivity contribution is 5.78. The Balaban J connectivity index is 1.92. The number of nitrogens with one attached hydrogen (secondary N) is 1. The lowest BCUT2D eigenvalue weighted by Crippen LogP contribution is -2.31. The number of carbonyl (C=O) groups is 1. The fraction of sp³-hybridized carbons (Fsp3) is 0.316. The zero-order valence-electron chi connectivity index (χ0n) is 14.5. The van der Waals surface area contributed by atoms with Gasteiger partial charge in [-0.3, -0.25) is 4.79 Å². The Morgan fingerprint density at radius 2 is 1.54 bits per heavy atom. The van der Waals surface area contributed by atoms with Crippen molar-refractivity contribution >= 4 is 5.91 Å². The molecule has 0 aromatic heterocycles. The third kappa shape index (κ3) is 4.91. The Bertz CT molecular complexity index is 660. The topological polar surface area (TPSA) is 56.8 Å². The fourth-order valence-corrected chi connectivity index (χ4v) is 2.24. The summed E-state index contributed by atoms with van der Waals surface area (Å²) in [5.74, 6) is 1.55. The molecule has 0 unspecified atom stereocenters. The molecule has 24 heavy (non-hydrogen) atoms. The van der Waals surface area contributed by atoms with Crippen molar-refractivity contribution in [2.75, 3.05) is 20.8 Å². The van der Waals surface area contributed by atoms with Gasteiger partial charge in [0.2, 0.25) is 0 Å². The number of carbonyl (C=O) groups excluding carboxylic acids is 1. The minimum atomic E-state index is -0.190. The second-order valence-electron chi connectivity index (χ2n) is 5.54. The predicted molar refractivity (Wildman–Crippen MR) is 92.8 cm³/mol. The van der Waals surface area contributed by atoms with E-state index in [9.17, 15) is 4.79 Å². The average molecular weight is 329 g/mol. The number of hydrogen-bond acceptors (Lipinski definition) is 4. The fourth-order valence-electron chi connectivity index (χ4n) is 2.24. The molecule has 2 aromatic rings. The second-order valence-corrected chi connectivity index (χ2v) is 5.54. The van der Waals surface area contributed by atoms with Gasteiger partial charge in [0.1, 0.15) is 17.2 Å². The maximum atomic E-state index is 12.1. The van der Waals surface area contributed by atoms with Crippen molar-refractivity contribution in [2.24, 2.45) is 0 Å². The summed E-state index contributed by atoms with van der Waals surface area (Å²) in [6.45, 7) is 3.90. The molecule has 1 amide bonds. The minimum Gasteiger partial charge on any atom is -0.496 e. The number of aryl methyl sites for hydroxylation is 1. The summed E-state index contributed by atoms with van der Waals surface area (Å²) < 4.78 is 15.9. The molecule has 2 rings (SSSR count). The summed E-state index contributed by atoms with van der Waals surface area (Å²) in [6.07, 6.45) is 0. The number of hydrogen-bond donors (Lipinski definition) is 1. The van der Waals surface area contributed by atoms with Gasteiger partial charge in [0.05, 0.1) is 20.3 Å². The zero-order valence-corrected chi connectivity index (χ0v) is 14.5. The quantitative estimate of drug-likeness (QED) is 0.847. The summed E-state index contributed by atoms with van der Waals surface area (Å²) in [7, 11) is 3.13. The third-order valence-corrected chi connectivity index (χ3v) is 3.65. The molecule has 0 bridgehead atoms. The van der Waals surface area contributed by atoms with Crippen molar-refractivity contribution in [3.63, 3.8) is 0 Å². The highest BCUT2D eigenvalue weighted by Crippen LogP contribution is 2.27. The summed E-state index contributed by atoms with van der Waals surface area (Å²) >= 11 is 0.